The highest BCUT2D eigenvalue weighted by Crippen LogP contribution is 2.10. The van der Waals surface area contributed by atoms with Gasteiger partial charge in [0.25, 0.3) is 5.91 Å². The molecule has 3 nitrogen and oxygen atoms in total. The topological polar surface area (TPSA) is 42.0 Å². The molecule has 0 bridgehead atoms. The smallest absolute Gasteiger partial charge is 0.261 e. The van der Waals surface area contributed by atoms with E-state index in [-0.39, 0.29) is 5.91 Å². The fourth-order valence-electron chi connectivity index (χ4n) is 1.30. The van der Waals surface area contributed by atoms with Gasteiger partial charge in [-0.1, -0.05) is 6.07 Å². The first-order valence-corrected chi connectivity index (χ1v) is 6.74. The number of aromatic nitrogens is 1. The van der Waals surface area contributed by atoms with Crippen molar-refractivity contribution in [2.24, 2.45) is 0 Å². The number of nitrogens with zero attached hydrogens (tertiary/aromatic N) is 1. The first-order chi connectivity index (χ1) is 7.75. The minimum Gasteiger partial charge on any atom is -0.351 e. The summed E-state index contributed by atoms with van der Waals surface area (Å²) in [7, 11) is 0. The van der Waals surface area contributed by atoms with Crippen LogP contribution in [0.2, 0.25) is 0 Å². The zero-order chi connectivity index (χ0) is 11.4. The van der Waals surface area contributed by atoms with Crippen molar-refractivity contribution in [3.05, 3.63) is 38.5 Å². The molecule has 0 fully saturated rings. The summed E-state index contributed by atoms with van der Waals surface area (Å²) in [4.78, 5) is 16.7. The van der Waals surface area contributed by atoms with E-state index in [2.05, 4.69) is 10.3 Å². The van der Waals surface area contributed by atoms with Crippen molar-refractivity contribution >= 4 is 28.6 Å². The predicted molar refractivity (Wildman–Crippen MR) is 67.2 cm³/mol. The maximum Gasteiger partial charge on any atom is 0.261 e. The Balaban J connectivity index is 1.78. The molecule has 84 valence electrons. The number of thiazole rings is 1. The standard InChI is InChI=1S/C11H12N2OS2/c1-8-7-16-10(13-8)4-5-12-11(14)9-3-2-6-15-9/h2-3,6-7H,4-5H2,1H3,(H,12,14). The summed E-state index contributed by atoms with van der Waals surface area (Å²) in [6.07, 6.45) is 0.801. The SMILES string of the molecule is Cc1csc(CCNC(=O)c2cccs2)n1. The predicted octanol–water partition coefficient (Wildman–Crippen LogP) is 2.49. The molecule has 2 aromatic heterocycles. The van der Waals surface area contributed by atoms with Gasteiger partial charge in [0.05, 0.1) is 9.88 Å². The zero-order valence-electron chi connectivity index (χ0n) is 8.90. The van der Waals surface area contributed by atoms with Crippen molar-refractivity contribution in [1.82, 2.24) is 10.3 Å². The molecule has 16 heavy (non-hydrogen) atoms. The number of thiophene rings is 1. The number of carbonyl (C=O) groups excluding carboxylic acids is 1. The molecule has 0 radical (unpaired) electrons. The third kappa shape index (κ3) is 2.90. The lowest BCUT2D eigenvalue weighted by atomic mass is 10.4. The monoisotopic (exact) mass is 252 g/mol. The fraction of sp³-hybridized carbons (Fsp3) is 0.273. The normalized spacial score (nSPS) is 10.3. The van der Waals surface area contributed by atoms with Gasteiger partial charge in [0.2, 0.25) is 0 Å². The van der Waals surface area contributed by atoms with Gasteiger partial charge in [0, 0.05) is 24.0 Å². The highest BCUT2D eigenvalue weighted by Gasteiger charge is 2.05. The number of hydrogen-bond acceptors (Lipinski definition) is 4. The number of hydrogen-bond donors (Lipinski definition) is 1. The maximum atomic E-state index is 11.6. The van der Waals surface area contributed by atoms with Crippen LogP contribution in [0.4, 0.5) is 0 Å². The molecule has 0 aliphatic carbocycles. The van der Waals surface area contributed by atoms with E-state index in [0.29, 0.717) is 6.54 Å². The van der Waals surface area contributed by atoms with Crippen molar-refractivity contribution in [2.75, 3.05) is 6.54 Å². The molecule has 0 atom stereocenters. The van der Waals surface area contributed by atoms with E-state index in [4.69, 9.17) is 0 Å². The van der Waals surface area contributed by atoms with E-state index in [9.17, 15) is 4.79 Å². The number of amides is 1. The Bertz CT molecular complexity index is 462. The second kappa shape index (κ2) is 5.23. The average Bonchev–Trinajstić information content (AvgIpc) is 2.89. The Morgan fingerprint density at radius 3 is 3.00 bits per heavy atom. The molecule has 0 saturated carbocycles. The lowest BCUT2D eigenvalue weighted by Gasteiger charge is -2.00. The third-order valence-electron chi connectivity index (χ3n) is 2.04. The van der Waals surface area contributed by atoms with Crippen LogP contribution in [0.5, 0.6) is 0 Å². The van der Waals surface area contributed by atoms with Gasteiger partial charge < -0.3 is 5.32 Å². The first kappa shape index (κ1) is 11.3. The lowest BCUT2D eigenvalue weighted by Crippen LogP contribution is -2.24. The summed E-state index contributed by atoms with van der Waals surface area (Å²) >= 11 is 3.10. The van der Waals surface area contributed by atoms with Gasteiger partial charge in [0.1, 0.15) is 0 Å². The van der Waals surface area contributed by atoms with Crippen LogP contribution in [-0.2, 0) is 6.42 Å². The highest BCUT2D eigenvalue weighted by molar-refractivity contribution is 7.12. The Morgan fingerprint density at radius 1 is 1.50 bits per heavy atom. The minimum atomic E-state index is 0.00304. The summed E-state index contributed by atoms with van der Waals surface area (Å²) in [6.45, 7) is 2.62. The third-order valence-corrected chi connectivity index (χ3v) is 3.93. The molecule has 0 unspecified atom stereocenters. The van der Waals surface area contributed by atoms with Crippen molar-refractivity contribution in [2.45, 2.75) is 13.3 Å². The van der Waals surface area contributed by atoms with Gasteiger partial charge in [0.15, 0.2) is 0 Å². The average molecular weight is 252 g/mol. The Morgan fingerprint density at radius 2 is 2.38 bits per heavy atom. The summed E-state index contributed by atoms with van der Waals surface area (Å²) < 4.78 is 0. The maximum absolute atomic E-state index is 11.6. The van der Waals surface area contributed by atoms with Crippen LogP contribution in [-0.4, -0.2) is 17.4 Å². The molecule has 1 N–H and O–H groups in total. The number of carbonyl (C=O) groups is 1. The van der Waals surface area contributed by atoms with Crippen molar-refractivity contribution in [3.8, 4) is 0 Å². The van der Waals surface area contributed by atoms with E-state index in [1.807, 2.05) is 29.8 Å². The van der Waals surface area contributed by atoms with Crippen LogP contribution in [0.1, 0.15) is 20.4 Å². The molecule has 0 aliphatic rings. The van der Waals surface area contributed by atoms with Crippen molar-refractivity contribution < 1.29 is 4.79 Å². The lowest BCUT2D eigenvalue weighted by molar-refractivity contribution is 0.0958. The Hall–Kier alpha value is -1.20. The summed E-state index contributed by atoms with van der Waals surface area (Å²) in [6, 6.07) is 3.71. The molecule has 0 spiro atoms. The van der Waals surface area contributed by atoms with Crippen LogP contribution >= 0.6 is 22.7 Å². The second-order valence-corrected chi connectivity index (χ2v) is 5.26. The highest BCUT2D eigenvalue weighted by atomic mass is 32.1. The minimum absolute atomic E-state index is 0.00304. The molecule has 1 amide bonds. The van der Waals surface area contributed by atoms with Gasteiger partial charge >= 0.3 is 0 Å². The zero-order valence-corrected chi connectivity index (χ0v) is 10.5. The van der Waals surface area contributed by atoms with Gasteiger partial charge in [-0.2, -0.15) is 0 Å². The Kier molecular flexibility index (Phi) is 3.69. The van der Waals surface area contributed by atoms with E-state index in [0.717, 1.165) is 22.0 Å². The quantitative estimate of drug-likeness (QED) is 0.908. The van der Waals surface area contributed by atoms with E-state index in [1.165, 1.54) is 11.3 Å². The number of aryl methyl sites for hydroxylation is 1. The second-order valence-electron chi connectivity index (χ2n) is 3.37. The Labute approximate surface area is 102 Å². The molecule has 0 aliphatic heterocycles. The van der Waals surface area contributed by atoms with E-state index < -0.39 is 0 Å². The van der Waals surface area contributed by atoms with E-state index >= 15 is 0 Å². The summed E-state index contributed by atoms with van der Waals surface area (Å²) in [5.74, 6) is 0.00304. The van der Waals surface area contributed by atoms with Gasteiger partial charge in [-0.3, -0.25) is 4.79 Å². The summed E-state index contributed by atoms with van der Waals surface area (Å²) in [5, 5.41) is 7.88. The van der Waals surface area contributed by atoms with Crippen LogP contribution in [0, 0.1) is 6.92 Å². The molecular weight excluding hydrogens is 240 g/mol. The molecular formula is C11H12N2OS2. The number of nitrogens with one attached hydrogen (secondary N) is 1. The fourth-order valence-corrected chi connectivity index (χ4v) is 2.71. The van der Waals surface area contributed by atoms with Crippen LogP contribution < -0.4 is 5.32 Å². The largest absolute Gasteiger partial charge is 0.351 e. The van der Waals surface area contributed by atoms with Gasteiger partial charge in [-0.05, 0) is 18.4 Å². The molecule has 5 heteroatoms. The molecule has 2 heterocycles. The molecule has 2 aromatic rings. The van der Waals surface area contributed by atoms with Crippen molar-refractivity contribution in [3.63, 3.8) is 0 Å². The first-order valence-electron chi connectivity index (χ1n) is 4.98. The van der Waals surface area contributed by atoms with Crippen molar-refractivity contribution in [1.29, 1.82) is 0 Å². The van der Waals surface area contributed by atoms with Crippen LogP contribution in [0.25, 0.3) is 0 Å². The molecule has 0 saturated heterocycles. The van der Waals surface area contributed by atoms with Crippen LogP contribution in [0.15, 0.2) is 22.9 Å². The van der Waals surface area contributed by atoms with Gasteiger partial charge in [-0.25, -0.2) is 4.98 Å². The molecule has 2 rings (SSSR count). The van der Waals surface area contributed by atoms with E-state index in [1.54, 1.807) is 11.3 Å². The van der Waals surface area contributed by atoms with Gasteiger partial charge in [-0.15, -0.1) is 22.7 Å². The molecule has 0 aromatic carbocycles. The van der Waals surface area contributed by atoms with Crippen LogP contribution in [0.3, 0.4) is 0 Å². The number of rotatable bonds is 4. The summed E-state index contributed by atoms with van der Waals surface area (Å²) in [5.41, 5.74) is 1.05.